The van der Waals surface area contributed by atoms with E-state index in [4.69, 9.17) is 0 Å². The number of halogens is 3. The summed E-state index contributed by atoms with van der Waals surface area (Å²) in [4.78, 5) is 13.1. The summed E-state index contributed by atoms with van der Waals surface area (Å²) in [5.41, 5.74) is -0.283. The second kappa shape index (κ2) is 7.37. The van der Waals surface area contributed by atoms with Crippen LogP contribution < -0.4 is 5.32 Å². The van der Waals surface area contributed by atoms with E-state index in [-0.39, 0.29) is 5.69 Å². The Morgan fingerprint density at radius 1 is 1.17 bits per heavy atom. The summed E-state index contributed by atoms with van der Waals surface area (Å²) in [5.74, 6) is 0.185. The third kappa shape index (κ3) is 4.63. The normalized spacial score (nSPS) is 11.1. The van der Waals surface area contributed by atoms with Crippen LogP contribution in [0, 0.1) is 0 Å². The molecule has 2 rings (SSSR count). The maximum atomic E-state index is 12.7. The summed E-state index contributed by atoms with van der Waals surface area (Å²) in [5, 5.41) is 2.51. The molecule has 0 spiro atoms. The van der Waals surface area contributed by atoms with Gasteiger partial charge in [-0.2, -0.15) is 13.2 Å². The van der Waals surface area contributed by atoms with Crippen molar-refractivity contribution in [3.63, 3.8) is 0 Å². The lowest BCUT2D eigenvalue weighted by molar-refractivity contribution is -0.137. The highest BCUT2D eigenvalue weighted by Crippen LogP contribution is 2.31. The van der Waals surface area contributed by atoms with Gasteiger partial charge in [0.1, 0.15) is 0 Å². The van der Waals surface area contributed by atoms with Crippen molar-refractivity contribution in [2.45, 2.75) is 11.1 Å². The Morgan fingerprint density at radius 2 is 1.91 bits per heavy atom. The molecule has 23 heavy (non-hydrogen) atoms. The first-order chi connectivity index (χ1) is 10.9. The van der Waals surface area contributed by atoms with Crippen LogP contribution in [0.5, 0.6) is 0 Å². The molecular weight excluding hydrogens is 323 g/mol. The van der Waals surface area contributed by atoms with Gasteiger partial charge in [-0.05, 0) is 30.3 Å². The number of hydrogen-bond donors (Lipinski definition) is 1. The van der Waals surface area contributed by atoms with E-state index >= 15 is 0 Å². The van der Waals surface area contributed by atoms with Gasteiger partial charge >= 0.3 is 6.18 Å². The van der Waals surface area contributed by atoms with Gasteiger partial charge in [-0.15, -0.1) is 18.3 Å². The van der Waals surface area contributed by atoms with Gasteiger partial charge in [-0.3, -0.25) is 4.79 Å². The van der Waals surface area contributed by atoms with Gasteiger partial charge in [0.25, 0.3) is 5.91 Å². The van der Waals surface area contributed by atoms with Gasteiger partial charge in [0.05, 0.1) is 11.1 Å². The second-order valence-electron chi connectivity index (χ2n) is 4.63. The molecule has 1 amide bonds. The highest BCUT2D eigenvalue weighted by Gasteiger charge is 2.30. The molecule has 0 aromatic heterocycles. The predicted molar refractivity (Wildman–Crippen MR) is 86.8 cm³/mol. The molecule has 0 radical (unpaired) electrons. The van der Waals surface area contributed by atoms with Crippen molar-refractivity contribution < 1.29 is 18.0 Å². The number of thioether (sulfide) groups is 1. The largest absolute Gasteiger partial charge is 0.416 e. The highest BCUT2D eigenvalue weighted by atomic mass is 32.2. The Kier molecular flexibility index (Phi) is 5.50. The Bertz CT molecular complexity index is 713. The molecule has 2 aromatic rings. The van der Waals surface area contributed by atoms with Crippen molar-refractivity contribution in [3.05, 3.63) is 72.3 Å². The van der Waals surface area contributed by atoms with Crippen molar-refractivity contribution in [2.75, 3.05) is 11.1 Å². The van der Waals surface area contributed by atoms with Gasteiger partial charge in [-0.1, -0.05) is 24.3 Å². The molecule has 0 saturated carbocycles. The minimum atomic E-state index is -4.45. The number of carbonyl (C=O) groups excluding carboxylic acids is 1. The lowest BCUT2D eigenvalue weighted by atomic mass is 10.1. The van der Waals surface area contributed by atoms with E-state index in [0.717, 1.165) is 17.0 Å². The van der Waals surface area contributed by atoms with Gasteiger partial charge in [-0.25, -0.2) is 0 Å². The monoisotopic (exact) mass is 337 g/mol. The fraction of sp³-hybridized carbons (Fsp3) is 0.118. The molecule has 2 nitrogen and oxygen atoms in total. The maximum Gasteiger partial charge on any atom is 0.416 e. The standard InChI is InChI=1S/C17H14F3NOS/c1-2-10-23-15-9-4-3-8-14(15)16(22)21-13-7-5-6-12(11-13)17(18,19)20/h2-9,11H,1,10H2,(H,21,22). The average molecular weight is 337 g/mol. The van der Waals surface area contributed by atoms with E-state index in [0.29, 0.717) is 11.3 Å². The number of rotatable bonds is 5. The SMILES string of the molecule is C=CCSc1ccccc1C(=O)Nc1cccc(C(F)(F)F)c1. The molecule has 0 fully saturated rings. The van der Waals surface area contributed by atoms with Crippen LogP contribution in [0.4, 0.5) is 18.9 Å². The van der Waals surface area contributed by atoms with Crippen molar-refractivity contribution in [1.82, 2.24) is 0 Å². The minimum absolute atomic E-state index is 0.105. The van der Waals surface area contributed by atoms with Crippen molar-refractivity contribution >= 4 is 23.4 Å². The topological polar surface area (TPSA) is 29.1 Å². The zero-order valence-electron chi connectivity index (χ0n) is 12.1. The lowest BCUT2D eigenvalue weighted by Crippen LogP contribution is -2.14. The molecule has 0 aliphatic heterocycles. The number of hydrogen-bond acceptors (Lipinski definition) is 2. The van der Waals surface area contributed by atoms with Crippen LogP contribution in [0.25, 0.3) is 0 Å². The van der Waals surface area contributed by atoms with Crippen LogP contribution in [-0.4, -0.2) is 11.7 Å². The lowest BCUT2D eigenvalue weighted by Gasteiger charge is -2.11. The van der Waals surface area contributed by atoms with Gasteiger partial charge in [0.2, 0.25) is 0 Å². The number of anilines is 1. The molecule has 0 aliphatic carbocycles. The number of benzene rings is 2. The fourth-order valence-electron chi connectivity index (χ4n) is 1.90. The fourth-order valence-corrected chi connectivity index (χ4v) is 2.69. The zero-order chi connectivity index (χ0) is 16.9. The molecule has 0 unspecified atom stereocenters. The summed E-state index contributed by atoms with van der Waals surface area (Å²) in [7, 11) is 0. The Morgan fingerprint density at radius 3 is 2.61 bits per heavy atom. The Balaban J connectivity index is 2.21. The second-order valence-corrected chi connectivity index (χ2v) is 5.69. The summed E-state index contributed by atoms with van der Waals surface area (Å²) in [6, 6.07) is 11.5. The van der Waals surface area contributed by atoms with Crippen LogP contribution in [0.3, 0.4) is 0 Å². The van der Waals surface area contributed by atoms with Crippen LogP contribution in [-0.2, 0) is 6.18 Å². The number of carbonyl (C=O) groups is 1. The molecule has 0 heterocycles. The first-order valence-electron chi connectivity index (χ1n) is 6.73. The van der Waals surface area contributed by atoms with Gasteiger partial charge in [0.15, 0.2) is 0 Å². The summed E-state index contributed by atoms with van der Waals surface area (Å²) >= 11 is 1.43. The molecule has 0 atom stereocenters. The number of alkyl halides is 3. The molecule has 0 saturated heterocycles. The average Bonchev–Trinajstić information content (AvgIpc) is 2.52. The van der Waals surface area contributed by atoms with Crippen molar-refractivity contribution in [1.29, 1.82) is 0 Å². The highest BCUT2D eigenvalue weighted by molar-refractivity contribution is 7.99. The zero-order valence-corrected chi connectivity index (χ0v) is 12.9. The predicted octanol–water partition coefficient (Wildman–Crippen LogP) is 5.24. The van der Waals surface area contributed by atoms with E-state index < -0.39 is 17.6 Å². The molecule has 120 valence electrons. The van der Waals surface area contributed by atoms with E-state index in [2.05, 4.69) is 11.9 Å². The molecular formula is C17H14F3NOS. The smallest absolute Gasteiger partial charge is 0.322 e. The van der Waals surface area contributed by atoms with Crippen LogP contribution in [0.2, 0.25) is 0 Å². The molecule has 6 heteroatoms. The van der Waals surface area contributed by atoms with E-state index in [9.17, 15) is 18.0 Å². The maximum absolute atomic E-state index is 12.7. The van der Waals surface area contributed by atoms with Gasteiger partial charge in [0, 0.05) is 16.3 Å². The van der Waals surface area contributed by atoms with Crippen LogP contribution in [0.1, 0.15) is 15.9 Å². The van der Waals surface area contributed by atoms with Gasteiger partial charge < -0.3 is 5.32 Å². The molecule has 1 N–H and O–H groups in total. The molecule has 0 bridgehead atoms. The molecule has 0 aliphatic rings. The third-order valence-corrected chi connectivity index (χ3v) is 4.01. The molecule has 2 aromatic carbocycles. The number of amides is 1. The Labute approximate surface area is 136 Å². The van der Waals surface area contributed by atoms with Crippen molar-refractivity contribution in [3.8, 4) is 0 Å². The summed E-state index contributed by atoms with van der Waals surface area (Å²) in [6.45, 7) is 3.62. The van der Waals surface area contributed by atoms with E-state index in [1.807, 2.05) is 0 Å². The van der Waals surface area contributed by atoms with Crippen molar-refractivity contribution in [2.24, 2.45) is 0 Å². The summed E-state index contributed by atoms with van der Waals surface area (Å²) < 4.78 is 38.1. The summed E-state index contributed by atoms with van der Waals surface area (Å²) in [6.07, 6.45) is -2.73. The first kappa shape index (κ1) is 17.1. The Hall–Kier alpha value is -2.21. The third-order valence-electron chi connectivity index (χ3n) is 2.94. The van der Waals surface area contributed by atoms with E-state index in [1.165, 1.54) is 23.9 Å². The number of nitrogens with one attached hydrogen (secondary N) is 1. The van der Waals surface area contributed by atoms with Crippen LogP contribution in [0.15, 0.2) is 66.1 Å². The first-order valence-corrected chi connectivity index (χ1v) is 7.71. The van der Waals surface area contributed by atoms with E-state index in [1.54, 1.807) is 30.3 Å². The quantitative estimate of drug-likeness (QED) is 0.597. The van der Waals surface area contributed by atoms with Crippen LogP contribution >= 0.6 is 11.8 Å². The minimum Gasteiger partial charge on any atom is -0.322 e.